The molecule has 0 unspecified atom stereocenters. The van der Waals surface area contributed by atoms with E-state index in [1.54, 1.807) is 14.1 Å². The third-order valence-electron chi connectivity index (χ3n) is 4.44. The first-order valence-electron chi connectivity index (χ1n) is 8.45. The molecule has 0 aliphatic carbocycles. The summed E-state index contributed by atoms with van der Waals surface area (Å²) in [4.78, 5) is 20.9. The first-order valence-corrected chi connectivity index (χ1v) is 8.45. The van der Waals surface area contributed by atoms with Crippen molar-refractivity contribution in [3.8, 4) is 0 Å². The summed E-state index contributed by atoms with van der Waals surface area (Å²) in [6.45, 7) is 8.16. The molecular formula is C18H29N5O. The van der Waals surface area contributed by atoms with Crippen molar-refractivity contribution in [3.05, 3.63) is 30.3 Å². The van der Waals surface area contributed by atoms with Crippen LogP contribution in [0.25, 0.3) is 0 Å². The van der Waals surface area contributed by atoms with Crippen LogP contribution in [0.15, 0.2) is 35.3 Å². The molecule has 6 heteroatoms. The van der Waals surface area contributed by atoms with Crippen molar-refractivity contribution in [2.75, 3.05) is 51.7 Å². The smallest absolute Gasteiger partial charge is 0.227 e. The number of benzene rings is 1. The van der Waals surface area contributed by atoms with Crippen LogP contribution in [0.3, 0.4) is 0 Å². The van der Waals surface area contributed by atoms with Crippen molar-refractivity contribution >= 4 is 17.6 Å². The Morgan fingerprint density at radius 1 is 1.17 bits per heavy atom. The number of hydrogen-bond donors (Lipinski definition) is 2. The van der Waals surface area contributed by atoms with Crippen molar-refractivity contribution < 1.29 is 4.79 Å². The summed E-state index contributed by atoms with van der Waals surface area (Å²) < 4.78 is 0. The van der Waals surface area contributed by atoms with Crippen LogP contribution in [-0.4, -0.2) is 63.6 Å². The number of piperazine rings is 1. The van der Waals surface area contributed by atoms with Crippen LogP contribution in [0, 0.1) is 5.41 Å². The van der Waals surface area contributed by atoms with Gasteiger partial charge in [0.1, 0.15) is 0 Å². The molecule has 1 aliphatic heterocycles. The quantitative estimate of drug-likeness (QED) is 0.642. The maximum Gasteiger partial charge on any atom is 0.227 e. The molecule has 132 valence electrons. The molecule has 1 heterocycles. The fraction of sp³-hybridized carbons (Fsp3) is 0.556. The van der Waals surface area contributed by atoms with E-state index in [2.05, 4.69) is 49.7 Å². The summed E-state index contributed by atoms with van der Waals surface area (Å²) in [5.74, 6) is 0.888. The highest BCUT2D eigenvalue weighted by atomic mass is 16.2. The monoisotopic (exact) mass is 331 g/mol. The summed E-state index contributed by atoms with van der Waals surface area (Å²) in [5.41, 5.74) is 0.789. The zero-order valence-corrected chi connectivity index (χ0v) is 15.2. The average Bonchev–Trinajstić information content (AvgIpc) is 2.62. The predicted octanol–water partition coefficient (Wildman–Crippen LogP) is 1.16. The minimum atomic E-state index is -0.476. The molecule has 1 aliphatic rings. The number of nitrogens with one attached hydrogen (secondary N) is 2. The average molecular weight is 331 g/mol. The van der Waals surface area contributed by atoms with Gasteiger partial charge >= 0.3 is 0 Å². The van der Waals surface area contributed by atoms with E-state index in [4.69, 9.17) is 0 Å². The highest BCUT2D eigenvalue weighted by Crippen LogP contribution is 2.16. The normalized spacial score (nSPS) is 16.1. The van der Waals surface area contributed by atoms with Crippen molar-refractivity contribution in [1.29, 1.82) is 0 Å². The topological polar surface area (TPSA) is 60.0 Å². The number of anilines is 1. The maximum atomic E-state index is 11.9. The summed E-state index contributed by atoms with van der Waals surface area (Å²) in [5, 5.41) is 6.06. The number of rotatable bonds is 4. The second-order valence-corrected chi connectivity index (χ2v) is 6.67. The fourth-order valence-electron chi connectivity index (χ4n) is 2.87. The second kappa shape index (κ2) is 8.04. The third kappa shape index (κ3) is 4.40. The fourth-order valence-corrected chi connectivity index (χ4v) is 2.87. The Morgan fingerprint density at radius 3 is 2.33 bits per heavy atom. The minimum Gasteiger partial charge on any atom is -0.368 e. The number of carbonyl (C=O) groups is 1. The molecule has 6 nitrogen and oxygen atoms in total. The van der Waals surface area contributed by atoms with Gasteiger partial charge in [-0.05, 0) is 26.0 Å². The van der Waals surface area contributed by atoms with E-state index in [9.17, 15) is 4.79 Å². The van der Waals surface area contributed by atoms with Crippen LogP contribution < -0.4 is 15.5 Å². The number of guanidine groups is 1. The first kappa shape index (κ1) is 18.1. The van der Waals surface area contributed by atoms with Gasteiger partial charge in [0, 0.05) is 52.5 Å². The lowest BCUT2D eigenvalue weighted by atomic mass is 9.92. The largest absolute Gasteiger partial charge is 0.368 e. The number of nitrogens with zero attached hydrogens (tertiary/aromatic N) is 3. The van der Waals surface area contributed by atoms with Gasteiger partial charge in [-0.1, -0.05) is 18.2 Å². The van der Waals surface area contributed by atoms with Gasteiger partial charge in [0.15, 0.2) is 5.96 Å². The van der Waals surface area contributed by atoms with Gasteiger partial charge in [-0.3, -0.25) is 9.79 Å². The molecule has 2 rings (SSSR count). The second-order valence-electron chi connectivity index (χ2n) is 6.67. The van der Waals surface area contributed by atoms with Gasteiger partial charge in [-0.15, -0.1) is 0 Å². The lowest BCUT2D eigenvalue weighted by Gasteiger charge is -2.38. The van der Waals surface area contributed by atoms with Gasteiger partial charge in [0.2, 0.25) is 5.91 Å². The third-order valence-corrected chi connectivity index (χ3v) is 4.44. The van der Waals surface area contributed by atoms with E-state index >= 15 is 0 Å². The van der Waals surface area contributed by atoms with E-state index in [-0.39, 0.29) is 5.91 Å². The van der Waals surface area contributed by atoms with Crippen LogP contribution in [-0.2, 0) is 4.79 Å². The molecular weight excluding hydrogens is 302 g/mol. The van der Waals surface area contributed by atoms with Crippen LogP contribution in [0.2, 0.25) is 0 Å². The molecule has 1 aromatic rings. The molecule has 24 heavy (non-hydrogen) atoms. The van der Waals surface area contributed by atoms with Crippen molar-refractivity contribution in [3.63, 3.8) is 0 Å². The molecule has 1 aromatic carbocycles. The minimum absolute atomic E-state index is 0.0272. The molecule has 1 amide bonds. The SMILES string of the molecule is CN=C(NCC(C)(C)C(=O)NC)N1CCN(c2ccccc2)CC1. The lowest BCUT2D eigenvalue weighted by molar-refractivity contribution is -0.128. The highest BCUT2D eigenvalue weighted by molar-refractivity contribution is 5.84. The van der Waals surface area contributed by atoms with Gasteiger partial charge in [0.25, 0.3) is 0 Å². The molecule has 0 aromatic heterocycles. The molecule has 0 spiro atoms. The number of carbonyl (C=O) groups excluding carboxylic acids is 1. The molecule has 0 bridgehead atoms. The van der Waals surface area contributed by atoms with Crippen LogP contribution in [0.5, 0.6) is 0 Å². The van der Waals surface area contributed by atoms with Crippen LogP contribution in [0.4, 0.5) is 5.69 Å². The number of amides is 1. The van der Waals surface area contributed by atoms with Crippen molar-refractivity contribution in [2.45, 2.75) is 13.8 Å². The predicted molar refractivity (Wildman–Crippen MR) is 99.4 cm³/mol. The Bertz CT molecular complexity index is 562. The van der Waals surface area contributed by atoms with E-state index in [0.29, 0.717) is 6.54 Å². The molecule has 0 saturated carbocycles. The maximum absolute atomic E-state index is 11.9. The van der Waals surface area contributed by atoms with Gasteiger partial charge in [-0.2, -0.15) is 0 Å². The lowest BCUT2D eigenvalue weighted by Crippen LogP contribution is -2.54. The number of hydrogen-bond acceptors (Lipinski definition) is 3. The molecule has 2 N–H and O–H groups in total. The summed E-state index contributed by atoms with van der Waals surface area (Å²) in [7, 11) is 3.46. The number of para-hydroxylation sites is 1. The summed E-state index contributed by atoms with van der Waals surface area (Å²) in [6, 6.07) is 10.5. The van der Waals surface area contributed by atoms with E-state index < -0.39 is 5.41 Å². The zero-order chi connectivity index (χ0) is 17.6. The molecule has 0 atom stereocenters. The molecule has 1 saturated heterocycles. The van der Waals surface area contributed by atoms with Gasteiger partial charge < -0.3 is 20.4 Å². The Kier molecular flexibility index (Phi) is 6.06. The standard InChI is InChI=1S/C18H29N5O/c1-18(2,16(24)19-3)14-21-17(20-4)23-12-10-22(11-13-23)15-8-6-5-7-9-15/h5-9H,10-14H2,1-4H3,(H,19,24)(H,20,21). The van der Waals surface area contributed by atoms with Crippen LogP contribution in [0.1, 0.15) is 13.8 Å². The number of aliphatic imine (C=N–C) groups is 1. The Balaban J connectivity index is 1.88. The molecule has 0 radical (unpaired) electrons. The van der Waals surface area contributed by atoms with Crippen molar-refractivity contribution in [2.24, 2.45) is 10.4 Å². The summed E-state index contributed by atoms with van der Waals surface area (Å²) in [6.07, 6.45) is 0. The van der Waals surface area contributed by atoms with Gasteiger partial charge in [0.05, 0.1) is 5.41 Å². The Labute approximate surface area is 144 Å². The highest BCUT2D eigenvalue weighted by Gasteiger charge is 2.28. The van der Waals surface area contributed by atoms with E-state index in [1.165, 1.54) is 5.69 Å². The Hall–Kier alpha value is -2.24. The summed E-state index contributed by atoms with van der Waals surface area (Å²) >= 11 is 0. The van der Waals surface area contributed by atoms with Gasteiger partial charge in [-0.25, -0.2) is 0 Å². The first-order chi connectivity index (χ1) is 11.5. The Morgan fingerprint density at radius 2 is 1.79 bits per heavy atom. The zero-order valence-electron chi connectivity index (χ0n) is 15.2. The molecule has 1 fully saturated rings. The van der Waals surface area contributed by atoms with Crippen molar-refractivity contribution in [1.82, 2.24) is 15.5 Å². The van der Waals surface area contributed by atoms with E-state index in [1.807, 2.05) is 19.9 Å². The van der Waals surface area contributed by atoms with Crippen LogP contribution >= 0.6 is 0 Å². The van der Waals surface area contributed by atoms with E-state index in [0.717, 1.165) is 32.1 Å².